The zero-order valence-corrected chi connectivity index (χ0v) is 18.0. The Labute approximate surface area is 173 Å². The summed E-state index contributed by atoms with van der Waals surface area (Å²) in [6.45, 7) is 8.84. The molecule has 2 aromatic carbocycles. The van der Waals surface area contributed by atoms with Gasteiger partial charge in [-0.1, -0.05) is 60.2 Å². The first kappa shape index (κ1) is 19.3. The molecule has 1 heteroatoms. The maximum absolute atomic E-state index is 5.73. The lowest BCUT2D eigenvalue weighted by Gasteiger charge is -2.16. The lowest BCUT2D eigenvalue weighted by molar-refractivity contribution is 0.414. The van der Waals surface area contributed by atoms with E-state index in [-0.39, 0.29) is 0 Å². The Morgan fingerprint density at radius 2 is 1.55 bits per heavy atom. The van der Waals surface area contributed by atoms with Crippen molar-refractivity contribution in [3.8, 4) is 5.75 Å². The SMILES string of the molecule is COc1cc(Cc2ccccc2)c2c(c1)=C1C(C)=CC(C)=CC(C)=C1C(C)=CC=2. The van der Waals surface area contributed by atoms with E-state index in [0.29, 0.717) is 0 Å². The quantitative estimate of drug-likeness (QED) is 0.693. The monoisotopic (exact) mass is 380 g/mol. The van der Waals surface area contributed by atoms with Gasteiger partial charge in [0.2, 0.25) is 0 Å². The molecule has 0 atom stereocenters. The van der Waals surface area contributed by atoms with Crippen molar-refractivity contribution in [1.29, 1.82) is 0 Å². The van der Waals surface area contributed by atoms with E-state index < -0.39 is 0 Å². The van der Waals surface area contributed by atoms with Crippen LogP contribution >= 0.6 is 0 Å². The van der Waals surface area contributed by atoms with Crippen molar-refractivity contribution in [3.05, 3.63) is 110 Å². The lowest BCUT2D eigenvalue weighted by Crippen LogP contribution is -2.31. The average molecular weight is 381 g/mol. The number of benzene rings is 2. The molecular weight excluding hydrogens is 352 g/mol. The topological polar surface area (TPSA) is 9.23 Å². The van der Waals surface area contributed by atoms with Crippen molar-refractivity contribution in [2.45, 2.75) is 34.1 Å². The van der Waals surface area contributed by atoms with Gasteiger partial charge in [-0.05, 0) is 95.7 Å². The van der Waals surface area contributed by atoms with Gasteiger partial charge in [0.15, 0.2) is 0 Å². The summed E-state index contributed by atoms with van der Waals surface area (Å²) < 4.78 is 5.73. The highest BCUT2D eigenvalue weighted by molar-refractivity contribution is 5.87. The van der Waals surface area contributed by atoms with Crippen LogP contribution in [-0.4, -0.2) is 7.11 Å². The minimum atomic E-state index is 0.884. The van der Waals surface area contributed by atoms with Crippen LogP contribution in [0.1, 0.15) is 38.8 Å². The van der Waals surface area contributed by atoms with Crippen LogP contribution < -0.4 is 15.2 Å². The van der Waals surface area contributed by atoms with Crippen molar-refractivity contribution in [3.63, 3.8) is 0 Å². The number of allylic oxidation sites excluding steroid dienone is 8. The number of hydrogen-bond donors (Lipinski definition) is 0. The van der Waals surface area contributed by atoms with Crippen LogP contribution in [0.25, 0.3) is 11.6 Å². The lowest BCUT2D eigenvalue weighted by atomic mass is 9.89. The van der Waals surface area contributed by atoms with Crippen LogP contribution in [0.15, 0.2) is 88.6 Å². The first-order valence-electron chi connectivity index (χ1n) is 10.2. The molecule has 0 N–H and O–H groups in total. The number of methoxy groups -OCH3 is 1. The zero-order chi connectivity index (χ0) is 20.5. The van der Waals surface area contributed by atoms with E-state index >= 15 is 0 Å². The maximum Gasteiger partial charge on any atom is 0.119 e. The fraction of sp³-hybridized carbons (Fsp3) is 0.214. The van der Waals surface area contributed by atoms with Crippen molar-refractivity contribution in [1.82, 2.24) is 0 Å². The van der Waals surface area contributed by atoms with Gasteiger partial charge in [0, 0.05) is 0 Å². The molecule has 1 nitrogen and oxygen atoms in total. The predicted molar refractivity (Wildman–Crippen MR) is 123 cm³/mol. The van der Waals surface area contributed by atoms with Crippen LogP contribution in [-0.2, 0) is 6.42 Å². The molecule has 4 rings (SSSR count). The average Bonchev–Trinajstić information content (AvgIpc) is 2.91. The molecule has 0 saturated heterocycles. The van der Waals surface area contributed by atoms with Gasteiger partial charge in [-0.2, -0.15) is 0 Å². The molecule has 29 heavy (non-hydrogen) atoms. The molecule has 2 aromatic rings. The molecular formula is C28H28O. The summed E-state index contributed by atoms with van der Waals surface area (Å²) in [6.07, 6.45) is 10.0. The molecule has 0 heterocycles. The van der Waals surface area contributed by atoms with Gasteiger partial charge in [0.05, 0.1) is 7.11 Å². The van der Waals surface area contributed by atoms with Crippen LogP contribution in [0.5, 0.6) is 5.75 Å². The Kier molecular flexibility index (Phi) is 5.15. The Balaban J connectivity index is 2.11. The zero-order valence-electron chi connectivity index (χ0n) is 18.0. The van der Waals surface area contributed by atoms with E-state index in [4.69, 9.17) is 4.74 Å². The molecule has 2 aliphatic carbocycles. The first-order chi connectivity index (χ1) is 14.0. The number of rotatable bonds is 3. The molecule has 0 saturated carbocycles. The smallest absolute Gasteiger partial charge is 0.119 e. The van der Waals surface area contributed by atoms with Gasteiger partial charge in [-0.3, -0.25) is 0 Å². The van der Waals surface area contributed by atoms with E-state index in [9.17, 15) is 0 Å². The van der Waals surface area contributed by atoms with Gasteiger partial charge in [0.25, 0.3) is 0 Å². The third-order valence-corrected chi connectivity index (χ3v) is 5.80. The summed E-state index contributed by atoms with van der Waals surface area (Å²) in [5, 5.41) is 2.55. The Bertz CT molecular complexity index is 1220. The van der Waals surface area contributed by atoms with Crippen LogP contribution in [0.2, 0.25) is 0 Å². The highest BCUT2D eigenvalue weighted by Crippen LogP contribution is 2.34. The largest absolute Gasteiger partial charge is 0.497 e. The molecule has 0 aliphatic heterocycles. The Morgan fingerprint density at radius 1 is 0.793 bits per heavy atom. The summed E-state index contributed by atoms with van der Waals surface area (Å²) in [5.41, 5.74) is 10.5. The second-order valence-corrected chi connectivity index (χ2v) is 8.08. The van der Waals surface area contributed by atoms with E-state index in [1.54, 1.807) is 7.11 Å². The molecule has 0 aromatic heterocycles. The van der Waals surface area contributed by atoms with Gasteiger partial charge in [0.1, 0.15) is 5.75 Å². The molecule has 146 valence electrons. The molecule has 0 radical (unpaired) electrons. The Morgan fingerprint density at radius 3 is 2.28 bits per heavy atom. The molecule has 2 aliphatic rings. The highest BCUT2D eigenvalue weighted by atomic mass is 16.5. The van der Waals surface area contributed by atoms with E-state index in [0.717, 1.165) is 12.2 Å². The van der Waals surface area contributed by atoms with Gasteiger partial charge in [-0.25, -0.2) is 0 Å². The van der Waals surface area contributed by atoms with Gasteiger partial charge < -0.3 is 4.74 Å². The van der Waals surface area contributed by atoms with Crippen LogP contribution in [0.3, 0.4) is 0 Å². The Hall–Kier alpha value is -3.06. The summed E-state index contributed by atoms with van der Waals surface area (Å²) in [5.74, 6) is 0.911. The van der Waals surface area contributed by atoms with Crippen molar-refractivity contribution in [2.24, 2.45) is 0 Å². The van der Waals surface area contributed by atoms with Crippen LogP contribution in [0, 0.1) is 0 Å². The summed E-state index contributed by atoms with van der Waals surface area (Å²) >= 11 is 0. The highest BCUT2D eigenvalue weighted by Gasteiger charge is 2.19. The molecule has 0 spiro atoms. The molecule has 0 fully saturated rings. The minimum absolute atomic E-state index is 0.884. The number of ether oxygens (including phenoxy) is 1. The minimum Gasteiger partial charge on any atom is -0.497 e. The van der Waals surface area contributed by atoms with Gasteiger partial charge in [-0.15, -0.1) is 0 Å². The summed E-state index contributed by atoms with van der Waals surface area (Å²) in [7, 11) is 1.76. The molecule has 0 amide bonds. The predicted octanol–water partition coefficient (Wildman–Crippen LogP) is 5.40. The maximum atomic E-state index is 5.73. The normalized spacial score (nSPS) is 15.9. The standard InChI is InChI=1S/C28H28O/c1-18-13-20(3)27-19(2)11-12-25-23(15-22-9-7-6-8-10-22)16-24(29-5)17-26(25)28(27)21(4)14-18/h6-14,16-17H,15H2,1-5H3. The fourth-order valence-electron chi connectivity index (χ4n) is 4.58. The third-order valence-electron chi connectivity index (χ3n) is 5.80. The number of fused-ring (bicyclic) bond motifs is 2. The first-order valence-corrected chi connectivity index (χ1v) is 10.2. The fourth-order valence-corrected chi connectivity index (χ4v) is 4.58. The van der Waals surface area contributed by atoms with Crippen molar-refractivity contribution in [2.75, 3.05) is 7.11 Å². The molecule has 0 bridgehead atoms. The summed E-state index contributed by atoms with van der Waals surface area (Å²) in [6, 6.07) is 15.0. The van der Waals surface area contributed by atoms with Crippen molar-refractivity contribution >= 4 is 11.6 Å². The van der Waals surface area contributed by atoms with Gasteiger partial charge >= 0.3 is 0 Å². The van der Waals surface area contributed by atoms with Crippen LogP contribution in [0.4, 0.5) is 0 Å². The van der Waals surface area contributed by atoms with Crippen molar-refractivity contribution < 1.29 is 4.74 Å². The molecule has 0 unspecified atom stereocenters. The number of hydrogen-bond acceptors (Lipinski definition) is 1. The second kappa shape index (κ2) is 7.75. The van der Waals surface area contributed by atoms with E-state index in [2.05, 4.69) is 94.5 Å². The third kappa shape index (κ3) is 3.65. The van der Waals surface area contributed by atoms with E-state index in [1.807, 2.05) is 0 Å². The second-order valence-electron chi connectivity index (χ2n) is 8.08. The summed E-state index contributed by atoms with van der Waals surface area (Å²) in [4.78, 5) is 0. The van der Waals surface area contributed by atoms with E-state index in [1.165, 1.54) is 55.0 Å².